The molecule has 0 saturated carbocycles. The minimum absolute atomic E-state index is 0.222. The van der Waals surface area contributed by atoms with Crippen LogP contribution in [-0.2, 0) is 7.05 Å². The molecule has 4 nitrogen and oxygen atoms in total. The zero-order valence-corrected chi connectivity index (χ0v) is 10.6. The first-order valence-electron chi connectivity index (χ1n) is 5.89. The molecule has 0 aliphatic rings. The van der Waals surface area contributed by atoms with Gasteiger partial charge in [-0.25, -0.2) is 4.98 Å². The molecule has 3 atom stereocenters. The molecule has 0 aromatic carbocycles. The van der Waals surface area contributed by atoms with E-state index < -0.39 is 0 Å². The topological polar surface area (TPSA) is 50.1 Å². The maximum Gasteiger partial charge on any atom is 0.125 e. The van der Waals surface area contributed by atoms with Crippen LogP contribution in [0.4, 0.5) is 0 Å². The van der Waals surface area contributed by atoms with Gasteiger partial charge in [0.2, 0.25) is 0 Å². The van der Waals surface area contributed by atoms with Gasteiger partial charge >= 0.3 is 0 Å². The van der Waals surface area contributed by atoms with Crippen molar-refractivity contribution in [1.82, 2.24) is 14.9 Å². The highest BCUT2D eigenvalue weighted by molar-refractivity contribution is 4.96. The van der Waals surface area contributed by atoms with Gasteiger partial charge in [-0.05, 0) is 32.7 Å². The van der Waals surface area contributed by atoms with Crippen LogP contribution in [-0.4, -0.2) is 27.3 Å². The van der Waals surface area contributed by atoms with E-state index in [0.717, 1.165) is 18.8 Å². The Kier molecular flexibility index (Phi) is 4.96. The predicted molar refractivity (Wildman–Crippen MR) is 65.1 cm³/mol. The van der Waals surface area contributed by atoms with Crippen molar-refractivity contribution in [2.24, 2.45) is 13.0 Å². The number of aryl methyl sites for hydroxylation is 1. The highest BCUT2D eigenvalue weighted by Gasteiger charge is 2.12. The summed E-state index contributed by atoms with van der Waals surface area (Å²) in [6.45, 7) is 6.99. The summed E-state index contributed by atoms with van der Waals surface area (Å²) in [6.07, 6.45) is 4.38. The summed E-state index contributed by atoms with van der Waals surface area (Å²) < 4.78 is 2.02. The fourth-order valence-corrected chi connectivity index (χ4v) is 1.93. The van der Waals surface area contributed by atoms with Crippen LogP contribution in [0.1, 0.15) is 39.1 Å². The largest absolute Gasteiger partial charge is 0.393 e. The van der Waals surface area contributed by atoms with Crippen molar-refractivity contribution in [1.29, 1.82) is 0 Å². The van der Waals surface area contributed by atoms with Gasteiger partial charge in [-0.3, -0.25) is 0 Å². The summed E-state index contributed by atoms with van der Waals surface area (Å²) in [5.74, 6) is 1.52. The van der Waals surface area contributed by atoms with E-state index in [9.17, 15) is 5.11 Å². The third kappa shape index (κ3) is 3.94. The molecule has 0 bridgehead atoms. The van der Waals surface area contributed by atoms with E-state index >= 15 is 0 Å². The molecule has 16 heavy (non-hydrogen) atoms. The van der Waals surface area contributed by atoms with Crippen molar-refractivity contribution in [2.75, 3.05) is 6.54 Å². The molecule has 2 N–H and O–H groups in total. The molecule has 0 radical (unpaired) electrons. The number of imidazole rings is 1. The zero-order valence-electron chi connectivity index (χ0n) is 10.6. The lowest BCUT2D eigenvalue weighted by Gasteiger charge is -2.18. The van der Waals surface area contributed by atoms with Crippen LogP contribution in [0.25, 0.3) is 0 Å². The van der Waals surface area contributed by atoms with E-state index in [0.29, 0.717) is 5.92 Å². The van der Waals surface area contributed by atoms with Gasteiger partial charge in [-0.1, -0.05) is 6.92 Å². The molecule has 0 saturated heterocycles. The first-order chi connectivity index (χ1) is 7.50. The van der Waals surface area contributed by atoms with Gasteiger partial charge in [0.15, 0.2) is 0 Å². The maximum absolute atomic E-state index is 9.27. The first-order valence-corrected chi connectivity index (χ1v) is 5.89. The summed E-state index contributed by atoms with van der Waals surface area (Å²) in [7, 11) is 2.00. The highest BCUT2D eigenvalue weighted by atomic mass is 16.3. The fourth-order valence-electron chi connectivity index (χ4n) is 1.93. The second-order valence-electron chi connectivity index (χ2n) is 4.72. The maximum atomic E-state index is 9.27. The molecule has 0 aliphatic heterocycles. The van der Waals surface area contributed by atoms with Crippen molar-refractivity contribution in [3.05, 3.63) is 18.2 Å². The quantitative estimate of drug-likeness (QED) is 0.771. The minimum atomic E-state index is -0.222. The number of rotatable bonds is 6. The molecule has 0 spiro atoms. The predicted octanol–water partition coefficient (Wildman–Crippen LogP) is 1.48. The van der Waals surface area contributed by atoms with Gasteiger partial charge in [0.25, 0.3) is 0 Å². The number of nitrogens with one attached hydrogen (secondary N) is 1. The molecule has 92 valence electrons. The second-order valence-corrected chi connectivity index (χ2v) is 4.72. The Labute approximate surface area is 97.7 Å². The third-order valence-corrected chi connectivity index (χ3v) is 2.76. The molecule has 0 fully saturated rings. The summed E-state index contributed by atoms with van der Waals surface area (Å²) >= 11 is 0. The number of nitrogens with zero attached hydrogens (tertiary/aromatic N) is 2. The van der Waals surface area contributed by atoms with E-state index in [2.05, 4.69) is 24.1 Å². The van der Waals surface area contributed by atoms with E-state index in [1.54, 1.807) is 0 Å². The molecular formula is C12H23N3O. The number of aliphatic hydroxyl groups is 1. The number of aromatic nitrogens is 2. The Bertz CT molecular complexity index is 309. The van der Waals surface area contributed by atoms with Crippen molar-refractivity contribution in [2.45, 2.75) is 39.3 Å². The SMILES string of the molecule is CC(O)CC(C)CNC(C)c1nccn1C. The Morgan fingerprint density at radius 3 is 2.62 bits per heavy atom. The van der Waals surface area contributed by atoms with Gasteiger partial charge in [-0.2, -0.15) is 0 Å². The van der Waals surface area contributed by atoms with Crippen LogP contribution in [0, 0.1) is 5.92 Å². The van der Waals surface area contributed by atoms with Crippen LogP contribution in [0.3, 0.4) is 0 Å². The van der Waals surface area contributed by atoms with Crippen LogP contribution in [0.5, 0.6) is 0 Å². The molecule has 4 heteroatoms. The second kappa shape index (κ2) is 6.01. The van der Waals surface area contributed by atoms with Gasteiger partial charge < -0.3 is 15.0 Å². The van der Waals surface area contributed by atoms with E-state index in [1.807, 2.05) is 30.9 Å². The highest BCUT2D eigenvalue weighted by Crippen LogP contribution is 2.10. The smallest absolute Gasteiger partial charge is 0.125 e. The molecule has 1 heterocycles. The Morgan fingerprint density at radius 1 is 1.44 bits per heavy atom. The van der Waals surface area contributed by atoms with Crippen LogP contribution < -0.4 is 5.32 Å². The molecule has 1 aromatic heterocycles. The van der Waals surface area contributed by atoms with Crippen molar-refractivity contribution in [3.8, 4) is 0 Å². The summed E-state index contributed by atoms with van der Waals surface area (Å²) in [5, 5.41) is 12.7. The molecule has 1 rings (SSSR count). The van der Waals surface area contributed by atoms with Gasteiger partial charge in [0, 0.05) is 19.4 Å². The molecule has 0 amide bonds. The third-order valence-electron chi connectivity index (χ3n) is 2.76. The lowest BCUT2D eigenvalue weighted by molar-refractivity contribution is 0.162. The van der Waals surface area contributed by atoms with E-state index in [1.165, 1.54) is 0 Å². The zero-order chi connectivity index (χ0) is 12.1. The Balaban J connectivity index is 2.35. The van der Waals surface area contributed by atoms with Gasteiger partial charge in [-0.15, -0.1) is 0 Å². The number of hydrogen-bond acceptors (Lipinski definition) is 3. The number of hydrogen-bond donors (Lipinski definition) is 2. The average Bonchev–Trinajstić information content (AvgIpc) is 2.60. The Hall–Kier alpha value is -0.870. The molecule has 1 aromatic rings. The van der Waals surface area contributed by atoms with Crippen molar-refractivity contribution < 1.29 is 5.11 Å². The number of aliphatic hydroxyl groups excluding tert-OH is 1. The summed E-state index contributed by atoms with van der Waals surface area (Å²) in [5.41, 5.74) is 0. The normalized spacial score (nSPS) is 17.1. The van der Waals surface area contributed by atoms with Crippen LogP contribution in [0.15, 0.2) is 12.4 Å². The first kappa shape index (κ1) is 13.2. The summed E-state index contributed by atoms with van der Waals surface area (Å²) in [4.78, 5) is 4.31. The van der Waals surface area contributed by atoms with Crippen molar-refractivity contribution >= 4 is 0 Å². The standard InChI is InChI=1S/C12H23N3O/c1-9(7-10(2)16)8-14-11(3)12-13-5-6-15(12)4/h5-6,9-11,14,16H,7-8H2,1-4H3. The van der Waals surface area contributed by atoms with Crippen LogP contribution >= 0.6 is 0 Å². The minimum Gasteiger partial charge on any atom is -0.393 e. The lowest BCUT2D eigenvalue weighted by Crippen LogP contribution is -2.27. The van der Waals surface area contributed by atoms with Gasteiger partial charge in [0.1, 0.15) is 5.82 Å². The molecule has 3 unspecified atom stereocenters. The monoisotopic (exact) mass is 225 g/mol. The summed E-state index contributed by atoms with van der Waals surface area (Å²) in [6, 6.07) is 0.247. The van der Waals surface area contributed by atoms with Crippen LogP contribution in [0.2, 0.25) is 0 Å². The lowest BCUT2D eigenvalue weighted by atomic mass is 10.0. The Morgan fingerprint density at radius 2 is 2.12 bits per heavy atom. The van der Waals surface area contributed by atoms with E-state index in [4.69, 9.17) is 0 Å². The average molecular weight is 225 g/mol. The molecular weight excluding hydrogens is 202 g/mol. The van der Waals surface area contributed by atoms with E-state index in [-0.39, 0.29) is 12.1 Å². The molecule has 0 aliphatic carbocycles. The van der Waals surface area contributed by atoms with Gasteiger partial charge in [0.05, 0.1) is 12.1 Å². The van der Waals surface area contributed by atoms with Crippen molar-refractivity contribution in [3.63, 3.8) is 0 Å². The fraction of sp³-hybridized carbons (Fsp3) is 0.750.